The third kappa shape index (κ3) is 4.49. The Kier molecular flexibility index (Phi) is 7.29. The zero-order chi connectivity index (χ0) is 18.0. The fourth-order valence-corrected chi connectivity index (χ4v) is 3.31. The number of amides is 1. The zero-order valence-electron chi connectivity index (χ0n) is 14.5. The molecule has 1 amide bonds. The smallest absolute Gasteiger partial charge is 0.256 e. The van der Waals surface area contributed by atoms with E-state index >= 15 is 0 Å². The Morgan fingerprint density at radius 2 is 2.23 bits per heavy atom. The highest BCUT2D eigenvalue weighted by atomic mass is 35.5. The Morgan fingerprint density at radius 1 is 1.46 bits per heavy atom. The number of halogens is 3. The normalized spacial score (nSPS) is 17.8. The summed E-state index contributed by atoms with van der Waals surface area (Å²) in [7, 11) is 1.89. The molecule has 0 radical (unpaired) electrons. The van der Waals surface area contributed by atoms with Gasteiger partial charge in [0.2, 0.25) is 5.89 Å². The van der Waals surface area contributed by atoms with Crippen molar-refractivity contribution in [2.75, 3.05) is 13.6 Å². The molecule has 26 heavy (non-hydrogen) atoms. The van der Waals surface area contributed by atoms with Gasteiger partial charge in [0.15, 0.2) is 5.82 Å². The first-order valence-electron chi connectivity index (χ1n) is 8.25. The van der Waals surface area contributed by atoms with Crippen molar-refractivity contribution in [3.05, 3.63) is 45.5 Å². The molecule has 1 aromatic carbocycles. The summed E-state index contributed by atoms with van der Waals surface area (Å²) in [4.78, 5) is 19.1. The van der Waals surface area contributed by atoms with E-state index in [0.29, 0.717) is 40.3 Å². The number of rotatable bonds is 5. The molecule has 2 atom stereocenters. The maximum absolute atomic E-state index is 12.9. The van der Waals surface area contributed by atoms with Gasteiger partial charge < -0.3 is 14.7 Å². The molecule has 1 N–H and O–H groups in total. The maximum Gasteiger partial charge on any atom is 0.256 e. The Balaban J connectivity index is 0.00000243. The Hall–Kier alpha value is -1.34. The lowest BCUT2D eigenvalue weighted by atomic mass is 10.1. The molecule has 9 heteroatoms. The third-order valence-electron chi connectivity index (χ3n) is 4.42. The third-order valence-corrected chi connectivity index (χ3v) is 4.99. The van der Waals surface area contributed by atoms with Crippen molar-refractivity contribution in [3.8, 4) is 0 Å². The molecular formula is C17H21Cl3N4O2. The molecule has 1 aliphatic heterocycles. The van der Waals surface area contributed by atoms with Gasteiger partial charge in [-0.1, -0.05) is 28.4 Å². The van der Waals surface area contributed by atoms with Crippen LogP contribution in [0, 0.1) is 0 Å². The summed E-state index contributed by atoms with van der Waals surface area (Å²) in [5, 5.41) is 8.03. The predicted molar refractivity (Wildman–Crippen MR) is 103 cm³/mol. The Morgan fingerprint density at radius 3 is 2.96 bits per heavy atom. The second-order valence-electron chi connectivity index (χ2n) is 6.22. The minimum Gasteiger partial charge on any atom is -0.337 e. The van der Waals surface area contributed by atoms with E-state index in [1.54, 1.807) is 23.1 Å². The van der Waals surface area contributed by atoms with Gasteiger partial charge in [0.05, 0.1) is 10.6 Å². The van der Waals surface area contributed by atoms with Crippen LogP contribution >= 0.6 is 35.6 Å². The summed E-state index contributed by atoms with van der Waals surface area (Å²) in [6.45, 7) is 2.67. The number of likely N-dealkylation sites (tertiary alicyclic amines) is 1. The van der Waals surface area contributed by atoms with Crippen LogP contribution in [0.2, 0.25) is 10.0 Å². The van der Waals surface area contributed by atoms with E-state index in [9.17, 15) is 4.79 Å². The Labute approximate surface area is 168 Å². The monoisotopic (exact) mass is 418 g/mol. The predicted octanol–water partition coefficient (Wildman–Crippen LogP) is 3.93. The van der Waals surface area contributed by atoms with Crippen LogP contribution in [0.1, 0.15) is 47.9 Å². The fourth-order valence-electron chi connectivity index (χ4n) is 2.94. The number of benzene rings is 1. The number of carbonyl (C=O) groups excluding carboxylic acids is 1. The van der Waals surface area contributed by atoms with Crippen LogP contribution in [0.15, 0.2) is 22.7 Å². The van der Waals surface area contributed by atoms with Crippen LogP contribution < -0.4 is 5.32 Å². The Bertz CT molecular complexity index is 768. The number of hydrogen-bond acceptors (Lipinski definition) is 5. The molecule has 3 rings (SSSR count). The largest absolute Gasteiger partial charge is 0.337 e. The molecule has 0 bridgehead atoms. The summed E-state index contributed by atoms with van der Waals surface area (Å²) < 4.78 is 5.42. The van der Waals surface area contributed by atoms with Gasteiger partial charge >= 0.3 is 0 Å². The van der Waals surface area contributed by atoms with Gasteiger partial charge in [0.1, 0.15) is 6.04 Å². The lowest BCUT2D eigenvalue weighted by Crippen LogP contribution is -2.31. The molecule has 2 aromatic rings. The van der Waals surface area contributed by atoms with E-state index in [-0.39, 0.29) is 30.4 Å². The van der Waals surface area contributed by atoms with Crippen LogP contribution in [-0.2, 0) is 6.42 Å². The topological polar surface area (TPSA) is 71.3 Å². The zero-order valence-corrected chi connectivity index (χ0v) is 16.9. The van der Waals surface area contributed by atoms with Gasteiger partial charge in [0.25, 0.3) is 5.91 Å². The highest BCUT2D eigenvalue weighted by Gasteiger charge is 2.35. The van der Waals surface area contributed by atoms with Crippen molar-refractivity contribution in [2.45, 2.75) is 38.3 Å². The molecule has 1 saturated heterocycles. The average Bonchev–Trinajstić information content (AvgIpc) is 3.25. The molecule has 0 aliphatic carbocycles. The van der Waals surface area contributed by atoms with Crippen molar-refractivity contribution in [1.82, 2.24) is 20.4 Å². The van der Waals surface area contributed by atoms with E-state index in [2.05, 4.69) is 15.5 Å². The number of likely N-dealkylation sites (N-methyl/N-ethyl adjacent to an activating group) is 1. The summed E-state index contributed by atoms with van der Waals surface area (Å²) in [6, 6.07) is 4.91. The molecule has 6 nitrogen and oxygen atoms in total. The maximum atomic E-state index is 12.9. The molecule has 0 spiro atoms. The molecule has 2 unspecified atom stereocenters. The van der Waals surface area contributed by atoms with Gasteiger partial charge in [-0.25, -0.2) is 0 Å². The van der Waals surface area contributed by atoms with Crippen LogP contribution in [-0.4, -0.2) is 40.6 Å². The first kappa shape index (κ1) is 21.0. The van der Waals surface area contributed by atoms with E-state index < -0.39 is 0 Å². The quantitative estimate of drug-likeness (QED) is 0.795. The minimum absolute atomic E-state index is 0. The molecule has 142 valence electrons. The fraction of sp³-hybridized carbons (Fsp3) is 0.471. The number of carbonyl (C=O) groups is 1. The molecule has 0 saturated carbocycles. The van der Waals surface area contributed by atoms with Gasteiger partial charge in [0, 0.05) is 24.0 Å². The van der Waals surface area contributed by atoms with Crippen molar-refractivity contribution in [2.24, 2.45) is 0 Å². The number of nitrogens with zero attached hydrogens (tertiary/aromatic N) is 3. The van der Waals surface area contributed by atoms with E-state index in [4.69, 9.17) is 27.7 Å². The second-order valence-corrected chi connectivity index (χ2v) is 7.07. The average molecular weight is 420 g/mol. The van der Waals surface area contributed by atoms with Crippen molar-refractivity contribution in [3.63, 3.8) is 0 Å². The van der Waals surface area contributed by atoms with Gasteiger partial charge in [-0.3, -0.25) is 4.79 Å². The molecule has 1 aromatic heterocycles. The number of aromatic nitrogens is 2. The van der Waals surface area contributed by atoms with Crippen molar-refractivity contribution < 1.29 is 9.32 Å². The lowest BCUT2D eigenvalue weighted by molar-refractivity contribution is 0.0710. The van der Waals surface area contributed by atoms with Crippen molar-refractivity contribution in [1.29, 1.82) is 0 Å². The first-order valence-corrected chi connectivity index (χ1v) is 9.01. The summed E-state index contributed by atoms with van der Waals surface area (Å²) in [6.07, 6.45) is 2.33. The molecule has 2 heterocycles. The molecule has 1 fully saturated rings. The second kappa shape index (κ2) is 9.04. The summed E-state index contributed by atoms with van der Waals surface area (Å²) >= 11 is 12.2. The standard InChI is InChI=1S/C17H20Cl2N4O2.ClH/c1-10(20-2)8-15-21-16(25-22-15)14-4-3-7-23(14)17(24)12-9-11(18)5-6-13(12)19;/h5-6,9-10,14,20H,3-4,7-8H2,1-2H3;1H. The van der Waals surface area contributed by atoms with E-state index in [1.807, 2.05) is 14.0 Å². The molecule has 1 aliphatic rings. The minimum atomic E-state index is -0.228. The van der Waals surface area contributed by atoms with Gasteiger partial charge in [-0.15, -0.1) is 12.4 Å². The highest BCUT2D eigenvalue weighted by molar-refractivity contribution is 6.35. The van der Waals surface area contributed by atoms with Crippen LogP contribution in [0.4, 0.5) is 0 Å². The number of hydrogen-bond donors (Lipinski definition) is 1. The SMILES string of the molecule is CNC(C)Cc1noc(C2CCCN2C(=O)c2cc(Cl)ccc2Cl)n1.Cl. The lowest BCUT2D eigenvalue weighted by Gasteiger charge is -2.22. The van der Waals surface area contributed by atoms with Crippen LogP contribution in [0.3, 0.4) is 0 Å². The van der Waals surface area contributed by atoms with Crippen LogP contribution in [0.25, 0.3) is 0 Å². The first-order chi connectivity index (χ1) is 12.0. The van der Waals surface area contributed by atoms with Gasteiger partial charge in [-0.2, -0.15) is 4.98 Å². The molecular weight excluding hydrogens is 399 g/mol. The highest BCUT2D eigenvalue weighted by Crippen LogP contribution is 2.34. The number of nitrogens with one attached hydrogen (secondary N) is 1. The van der Waals surface area contributed by atoms with Crippen molar-refractivity contribution >= 4 is 41.5 Å². The van der Waals surface area contributed by atoms with Crippen LogP contribution in [0.5, 0.6) is 0 Å². The summed E-state index contributed by atoms with van der Waals surface area (Å²) in [5.41, 5.74) is 0.393. The summed E-state index contributed by atoms with van der Waals surface area (Å²) in [5.74, 6) is 0.942. The van der Waals surface area contributed by atoms with E-state index in [0.717, 1.165) is 12.8 Å². The van der Waals surface area contributed by atoms with Gasteiger partial charge in [-0.05, 0) is 45.0 Å². The van der Waals surface area contributed by atoms with E-state index in [1.165, 1.54) is 0 Å².